The van der Waals surface area contributed by atoms with Gasteiger partial charge in [0.2, 0.25) is 5.88 Å². The van der Waals surface area contributed by atoms with Crippen molar-refractivity contribution < 1.29 is 22.4 Å². The average molecular weight is 460 g/mol. The number of hydrogen-bond acceptors (Lipinski definition) is 8. The van der Waals surface area contributed by atoms with Gasteiger partial charge in [0, 0.05) is 5.69 Å². The second-order valence-corrected chi connectivity index (χ2v) is 8.03. The van der Waals surface area contributed by atoms with Crippen molar-refractivity contribution in [1.82, 2.24) is 9.97 Å². The molecule has 33 heavy (non-hydrogen) atoms. The first-order valence-corrected chi connectivity index (χ1v) is 11.0. The molecule has 164 valence electrons. The van der Waals surface area contributed by atoms with Gasteiger partial charge in [-0.3, -0.25) is 4.55 Å². The fourth-order valence-corrected chi connectivity index (χ4v) is 3.32. The first kappa shape index (κ1) is 21.8. The summed E-state index contributed by atoms with van der Waals surface area (Å²) in [5.74, 6) is 0.875. The van der Waals surface area contributed by atoms with Gasteiger partial charge in [0.05, 0.1) is 4.90 Å². The Hall–Kier alpha value is -4.46. The van der Waals surface area contributed by atoms with Gasteiger partial charge in [0.25, 0.3) is 10.1 Å². The Morgan fingerprint density at radius 2 is 1.48 bits per heavy atom. The standard InChI is InChI=1S/C23H16N4O5S/c24-15-20-21(25-16-8-7-13-19(14-16)33(28,29)30)26-23(32-18-11-5-2-6-12-18)27-22(20)31-17-9-3-1-4-10-17/h1-14H,(H,25,26,27)(H,28,29,30). The van der Waals surface area contributed by atoms with Crippen LogP contribution in [0.2, 0.25) is 0 Å². The van der Waals surface area contributed by atoms with Crippen LogP contribution in [0.3, 0.4) is 0 Å². The smallest absolute Gasteiger partial charge is 0.327 e. The average Bonchev–Trinajstić information content (AvgIpc) is 2.80. The summed E-state index contributed by atoms with van der Waals surface area (Å²) in [7, 11) is -4.42. The maximum Gasteiger partial charge on any atom is 0.327 e. The third-order valence-corrected chi connectivity index (χ3v) is 5.12. The van der Waals surface area contributed by atoms with Gasteiger partial charge in [-0.05, 0) is 42.5 Å². The van der Waals surface area contributed by atoms with Crippen LogP contribution in [0, 0.1) is 11.3 Å². The lowest BCUT2D eigenvalue weighted by atomic mass is 10.2. The highest BCUT2D eigenvalue weighted by molar-refractivity contribution is 7.85. The minimum atomic E-state index is -4.42. The molecule has 0 unspecified atom stereocenters. The van der Waals surface area contributed by atoms with Crippen molar-refractivity contribution >= 4 is 21.6 Å². The van der Waals surface area contributed by atoms with Crippen LogP contribution < -0.4 is 14.8 Å². The van der Waals surface area contributed by atoms with Gasteiger partial charge in [-0.15, -0.1) is 0 Å². The summed E-state index contributed by atoms with van der Waals surface area (Å²) in [6, 6.07) is 24.9. The van der Waals surface area contributed by atoms with Crippen LogP contribution in [0.1, 0.15) is 5.56 Å². The predicted octanol–water partition coefficient (Wildman–Crippen LogP) is 4.92. The van der Waals surface area contributed by atoms with Gasteiger partial charge < -0.3 is 14.8 Å². The molecular formula is C23H16N4O5S. The predicted molar refractivity (Wildman–Crippen MR) is 119 cm³/mol. The molecule has 0 fully saturated rings. The van der Waals surface area contributed by atoms with E-state index in [9.17, 15) is 18.2 Å². The Kier molecular flexibility index (Phi) is 6.17. The van der Waals surface area contributed by atoms with Crippen molar-refractivity contribution in [1.29, 1.82) is 5.26 Å². The number of rotatable bonds is 7. The fraction of sp³-hybridized carbons (Fsp3) is 0. The highest BCUT2D eigenvalue weighted by Gasteiger charge is 2.19. The number of para-hydroxylation sites is 2. The zero-order chi connectivity index (χ0) is 23.3. The summed E-state index contributed by atoms with van der Waals surface area (Å²) < 4.78 is 43.8. The number of aromatic nitrogens is 2. The largest absolute Gasteiger partial charge is 0.437 e. The molecule has 0 atom stereocenters. The van der Waals surface area contributed by atoms with E-state index in [4.69, 9.17) is 9.47 Å². The number of nitrogens with zero attached hydrogens (tertiary/aromatic N) is 3. The van der Waals surface area contributed by atoms with Gasteiger partial charge in [0.15, 0.2) is 11.4 Å². The van der Waals surface area contributed by atoms with Crippen LogP contribution >= 0.6 is 0 Å². The molecule has 0 aliphatic rings. The molecule has 4 aromatic rings. The van der Waals surface area contributed by atoms with Crippen molar-refractivity contribution in [2.75, 3.05) is 5.32 Å². The van der Waals surface area contributed by atoms with E-state index in [0.29, 0.717) is 11.5 Å². The van der Waals surface area contributed by atoms with Gasteiger partial charge in [-0.2, -0.15) is 23.6 Å². The molecule has 0 aliphatic carbocycles. The van der Waals surface area contributed by atoms with Crippen molar-refractivity contribution in [3.63, 3.8) is 0 Å². The molecule has 0 bridgehead atoms. The number of hydrogen-bond donors (Lipinski definition) is 2. The van der Waals surface area contributed by atoms with Crippen LogP contribution in [-0.2, 0) is 10.1 Å². The molecule has 4 rings (SSSR count). The van der Waals surface area contributed by atoms with Crippen molar-refractivity contribution in [2.24, 2.45) is 0 Å². The van der Waals surface area contributed by atoms with E-state index in [2.05, 4.69) is 15.3 Å². The number of anilines is 2. The maximum atomic E-state index is 11.5. The van der Waals surface area contributed by atoms with Crippen molar-refractivity contribution in [3.8, 4) is 29.5 Å². The molecule has 9 nitrogen and oxygen atoms in total. The fourth-order valence-electron chi connectivity index (χ4n) is 2.80. The van der Waals surface area contributed by atoms with Crippen LogP contribution in [-0.4, -0.2) is 22.9 Å². The van der Waals surface area contributed by atoms with Gasteiger partial charge in [0.1, 0.15) is 17.6 Å². The van der Waals surface area contributed by atoms with Crippen molar-refractivity contribution in [2.45, 2.75) is 4.90 Å². The lowest BCUT2D eigenvalue weighted by Crippen LogP contribution is -2.05. The van der Waals surface area contributed by atoms with E-state index in [1.54, 1.807) is 54.6 Å². The number of benzene rings is 3. The number of ether oxygens (including phenoxy) is 2. The highest BCUT2D eigenvalue weighted by Crippen LogP contribution is 2.32. The first-order valence-electron chi connectivity index (χ1n) is 9.55. The molecular weight excluding hydrogens is 444 g/mol. The van der Waals surface area contributed by atoms with Crippen LogP contribution in [0.25, 0.3) is 0 Å². The molecule has 1 heterocycles. The Morgan fingerprint density at radius 1 is 0.848 bits per heavy atom. The summed E-state index contributed by atoms with van der Waals surface area (Å²) >= 11 is 0. The molecule has 0 saturated carbocycles. The number of nitrogens with one attached hydrogen (secondary N) is 1. The van der Waals surface area contributed by atoms with Crippen LogP contribution in [0.5, 0.6) is 23.4 Å². The SMILES string of the molecule is N#Cc1c(Nc2cccc(S(=O)(=O)O)c2)nc(Oc2ccccc2)nc1Oc1ccccc1. The van der Waals surface area contributed by atoms with E-state index < -0.39 is 10.1 Å². The summed E-state index contributed by atoms with van der Waals surface area (Å²) in [5, 5.41) is 12.7. The molecule has 0 radical (unpaired) electrons. The molecule has 2 N–H and O–H groups in total. The lowest BCUT2D eigenvalue weighted by Gasteiger charge is -2.14. The monoisotopic (exact) mass is 460 g/mol. The minimum absolute atomic E-state index is 0.0249. The van der Waals surface area contributed by atoms with E-state index in [-0.39, 0.29) is 33.9 Å². The van der Waals surface area contributed by atoms with E-state index >= 15 is 0 Å². The molecule has 0 amide bonds. The van der Waals surface area contributed by atoms with Gasteiger partial charge >= 0.3 is 6.01 Å². The van der Waals surface area contributed by atoms with Gasteiger partial charge in [-0.25, -0.2) is 0 Å². The second kappa shape index (κ2) is 9.35. The van der Waals surface area contributed by atoms with Crippen LogP contribution in [0.4, 0.5) is 11.5 Å². The number of nitriles is 1. The molecule has 10 heteroatoms. The molecule has 1 aromatic heterocycles. The summed E-state index contributed by atoms with van der Waals surface area (Å²) in [6.07, 6.45) is 0. The zero-order valence-electron chi connectivity index (χ0n) is 16.9. The summed E-state index contributed by atoms with van der Waals surface area (Å²) in [4.78, 5) is 8.19. The summed E-state index contributed by atoms with van der Waals surface area (Å²) in [5.41, 5.74) is 0.230. The normalized spacial score (nSPS) is 10.8. The molecule has 0 spiro atoms. The van der Waals surface area contributed by atoms with Gasteiger partial charge in [-0.1, -0.05) is 42.5 Å². The van der Waals surface area contributed by atoms with E-state index in [1.165, 1.54) is 18.2 Å². The zero-order valence-corrected chi connectivity index (χ0v) is 17.7. The molecule has 0 aliphatic heterocycles. The Balaban J connectivity index is 1.78. The quantitative estimate of drug-likeness (QED) is 0.368. The van der Waals surface area contributed by atoms with E-state index in [1.807, 2.05) is 18.2 Å². The summed E-state index contributed by atoms with van der Waals surface area (Å²) in [6.45, 7) is 0. The topological polar surface area (TPSA) is 134 Å². The lowest BCUT2D eigenvalue weighted by molar-refractivity contribution is 0.411. The Morgan fingerprint density at radius 3 is 2.09 bits per heavy atom. The second-order valence-electron chi connectivity index (χ2n) is 6.60. The van der Waals surface area contributed by atoms with Crippen molar-refractivity contribution in [3.05, 3.63) is 90.5 Å². The molecule has 0 saturated heterocycles. The van der Waals surface area contributed by atoms with E-state index in [0.717, 1.165) is 0 Å². The third kappa shape index (κ3) is 5.43. The molecule has 3 aromatic carbocycles. The minimum Gasteiger partial charge on any atom is -0.437 e. The van der Waals surface area contributed by atoms with Crippen LogP contribution in [0.15, 0.2) is 89.8 Å². The highest BCUT2D eigenvalue weighted by atomic mass is 32.2. The third-order valence-electron chi connectivity index (χ3n) is 4.27. The first-order chi connectivity index (χ1) is 15.9. The Bertz CT molecular complexity index is 1420. The Labute approximate surface area is 189 Å². The maximum absolute atomic E-state index is 11.5.